The predicted molar refractivity (Wildman–Crippen MR) is 61.3 cm³/mol. The summed E-state index contributed by atoms with van der Waals surface area (Å²) in [5, 5.41) is 9.27. The van der Waals surface area contributed by atoms with Crippen LogP contribution in [0.2, 0.25) is 0 Å². The summed E-state index contributed by atoms with van der Waals surface area (Å²) in [6.45, 7) is 2.06. The van der Waals surface area contributed by atoms with E-state index in [1.54, 1.807) is 11.8 Å². The monoisotopic (exact) mass is 228 g/mol. The third kappa shape index (κ3) is 4.99. The molecule has 0 radical (unpaired) electrons. The number of aromatic amines is 1. The molecular formula is C10H16N2O2S. The lowest BCUT2D eigenvalue weighted by Gasteiger charge is -2.01. The summed E-state index contributed by atoms with van der Waals surface area (Å²) in [4.78, 5) is 18.0. The number of aliphatic hydroxyl groups is 1. The van der Waals surface area contributed by atoms with Crippen LogP contribution in [-0.4, -0.2) is 27.4 Å². The van der Waals surface area contributed by atoms with Gasteiger partial charge >= 0.3 is 0 Å². The molecule has 0 saturated heterocycles. The zero-order chi connectivity index (χ0) is 11.1. The van der Waals surface area contributed by atoms with Gasteiger partial charge in [-0.2, -0.15) is 0 Å². The van der Waals surface area contributed by atoms with Crippen molar-refractivity contribution in [1.82, 2.24) is 9.97 Å². The lowest BCUT2D eigenvalue weighted by atomic mass is 10.3. The van der Waals surface area contributed by atoms with E-state index in [1.807, 2.05) is 6.92 Å². The number of thioether (sulfide) groups is 1. The highest BCUT2D eigenvalue weighted by atomic mass is 32.2. The highest BCUT2D eigenvalue weighted by molar-refractivity contribution is 7.99. The van der Waals surface area contributed by atoms with Gasteiger partial charge < -0.3 is 10.1 Å². The van der Waals surface area contributed by atoms with Gasteiger partial charge in [0.2, 0.25) is 0 Å². The Balaban J connectivity index is 2.34. The smallest absolute Gasteiger partial charge is 0.251 e. The van der Waals surface area contributed by atoms with Gasteiger partial charge in [-0.3, -0.25) is 4.79 Å². The van der Waals surface area contributed by atoms with Crippen LogP contribution in [0.25, 0.3) is 0 Å². The number of aromatic nitrogens is 2. The number of unbranched alkanes of at least 4 members (excludes halogenated alkanes) is 2. The number of hydrogen-bond acceptors (Lipinski definition) is 4. The van der Waals surface area contributed by atoms with Gasteiger partial charge in [0, 0.05) is 24.1 Å². The maximum absolute atomic E-state index is 11.1. The van der Waals surface area contributed by atoms with Crippen molar-refractivity contribution in [2.75, 3.05) is 12.4 Å². The Labute approximate surface area is 93.1 Å². The van der Waals surface area contributed by atoms with Gasteiger partial charge in [-0.15, -0.1) is 0 Å². The largest absolute Gasteiger partial charge is 0.396 e. The first-order valence-electron chi connectivity index (χ1n) is 5.04. The number of H-pyrrole nitrogens is 1. The molecule has 1 aromatic heterocycles. The quantitative estimate of drug-likeness (QED) is 0.438. The first-order valence-corrected chi connectivity index (χ1v) is 6.02. The molecule has 0 unspecified atom stereocenters. The van der Waals surface area contributed by atoms with Crippen LogP contribution in [0.1, 0.15) is 25.0 Å². The second-order valence-electron chi connectivity index (χ2n) is 3.32. The fourth-order valence-electron chi connectivity index (χ4n) is 1.18. The predicted octanol–water partition coefficient (Wildman–Crippen LogP) is 1.33. The van der Waals surface area contributed by atoms with E-state index in [-0.39, 0.29) is 12.2 Å². The van der Waals surface area contributed by atoms with Gasteiger partial charge in [-0.25, -0.2) is 4.98 Å². The van der Waals surface area contributed by atoms with Gasteiger partial charge in [0.15, 0.2) is 5.16 Å². The van der Waals surface area contributed by atoms with Crippen molar-refractivity contribution in [3.8, 4) is 0 Å². The Morgan fingerprint density at radius 1 is 1.47 bits per heavy atom. The molecule has 84 valence electrons. The summed E-state index contributed by atoms with van der Waals surface area (Å²) in [5.74, 6) is 0.923. The second kappa shape index (κ2) is 6.63. The van der Waals surface area contributed by atoms with E-state index >= 15 is 0 Å². The molecule has 0 fully saturated rings. The van der Waals surface area contributed by atoms with Gasteiger partial charge in [-0.1, -0.05) is 18.2 Å². The molecule has 1 heterocycles. The minimum atomic E-state index is -0.0969. The van der Waals surface area contributed by atoms with Crippen molar-refractivity contribution in [3.05, 3.63) is 22.1 Å². The van der Waals surface area contributed by atoms with Crippen LogP contribution < -0.4 is 5.56 Å². The van der Waals surface area contributed by atoms with Crippen LogP contribution >= 0.6 is 11.8 Å². The van der Waals surface area contributed by atoms with Crippen molar-refractivity contribution in [2.45, 2.75) is 31.3 Å². The van der Waals surface area contributed by atoms with Gasteiger partial charge in [0.25, 0.3) is 5.56 Å². The molecule has 1 aromatic rings. The van der Waals surface area contributed by atoms with Gasteiger partial charge in [0.05, 0.1) is 0 Å². The Morgan fingerprint density at radius 2 is 2.27 bits per heavy atom. The molecule has 0 amide bonds. The number of aliphatic hydroxyl groups excluding tert-OH is 1. The summed E-state index contributed by atoms with van der Waals surface area (Å²) in [6, 6.07) is 1.48. The van der Waals surface area contributed by atoms with E-state index in [0.717, 1.165) is 30.7 Å². The maximum atomic E-state index is 11.1. The Bertz CT molecular complexity index is 352. The van der Waals surface area contributed by atoms with Crippen molar-refractivity contribution < 1.29 is 5.11 Å². The van der Waals surface area contributed by atoms with Gasteiger partial charge in [0.1, 0.15) is 0 Å². The fraction of sp³-hybridized carbons (Fsp3) is 0.600. The van der Waals surface area contributed by atoms with Crippen LogP contribution in [0.4, 0.5) is 0 Å². The standard InChI is InChI=1S/C10H16N2O2S/c1-8-7-9(14)12-10(11-8)15-6-4-2-3-5-13/h7,13H,2-6H2,1H3,(H,11,12,14). The summed E-state index contributed by atoms with van der Waals surface area (Å²) in [6.07, 6.45) is 2.89. The highest BCUT2D eigenvalue weighted by Crippen LogP contribution is 2.13. The zero-order valence-corrected chi connectivity index (χ0v) is 9.64. The number of nitrogens with zero attached hydrogens (tertiary/aromatic N) is 1. The van der Waals surface area contributed by atoms with E-state index in [0.29, 0.717) is 5.16 Å². The SMILES string of the molecule is Cc1cc(=O)[nH]c(SCCCCCO)n1. The summed E-state index contributed by atoms with van der Waals surface area (Å²) in [7, 11) is 0. The van der Waals surface area contributed by atoms with E-state index in [1.165, 1.54) is 6.07 Å². The average Bonchev–Trinajstić information content (AvgIpc) is 2.16. The molecule has 1 rings (SSSR count). The number of aryl methyl sites for hydroxylation is 1. The molecule has 0 saturated carbocycles. The van der Waals surface area contributed by atoms with Crippen molar-refractivity contribution in [2.24, 2.45) is 0 Å². The maximum Gasteiger partial charge on any atom is 0.251 e. The minimum absolute atomic E-state index is 0.0969. The van der Waals surface area contributed by atoms with Crippen molar-refractivity contribution >= 4 is 11.8 Å². The fourth-order valence-corrected chi connectivity index (χ4v) is 2.10. The molecule has 2 N–H and O–H groups in total. The van der Waals surface area contributed by atoms with Crippen LogP contribution in [0.5, 0.6) is 0 Å². The topological polar surface area (TPSA) is 66.0 Å². The molecule has 0 aliphatic heterocycles. The molecule has 0 aliphatic rings. The lowest BCUT2D eigenvalue weighted by Crippen LogP contribution is -2.08. The first kappa shape index (κ1) is 12.3. The van der Waals surface area contributed by atoms with Crippen molar-refractivity contribution in [1.29, 1.82) is 0 Å². The molecule has 0 aliphatic carbocycles. The second-order valence-corrected chi connectivity index (χ2v) is 4.41. The number of nitrogens with one attached hydrogen (secondary N) is 1. The van der Waals surface area contributed by atoms with E-state index in [2.05, 4.69) is 9.97 Å². The van der Waals surface area contributed by atoms with E-state index in [9.17, 15) is 4.79 Å². The highest BCUT2D eigenvalue weighted by Gasteiger charge is 1.98. The van der Waals surface area contributed by atoms with Crippen LogP contribution in [0.3, 0.4) is 0 Å². The molecule has 0 atom stereocenters. The Kier molecular flexibility index (Phi) is 5.42. The number of rotatable bonds is 6. The van der Waals surface area contributed by atoms with Crippen LogP contribution in [0.15, 0.2) is 16.0 Å². The summed E-state index contributed by atoms with van der Waals surface area (Å²) >= 11 is 1.55. The number of hydrogen-bond donors (Lipinski definition) is 2. The molecule has 15 heavy (non-hydrogen) atoms. The third-order valence-electron chi connectivity index (χ3n) is 1.89. The minimum Gasteiger partial charge on any atom is -0.396 e. The van der Waals surface area contributed by atoms with Crippen LogP contribution in [0, 0.1) is 6.92 Å². The first-order chi connectivity index (χ1) is 7.22. The average molecular weight is 228 g/mol. The summed E-state index contributed by atoms with van der Waals surface area (Å²) < 4.78 is 0. The molecule has 0 spiro atoms. The summed E-state index contributed by atoms with van der Waals surface area (Å²) in [5.41, 5.74) is 0.650. The van der Waals surface area contributed by atoms with E-state index < -0.39 is 0 Å². The Hall–Kier alpha value is -0.810. The molecule has 0 bridgehead atoms. The van der Waals surface area contributed by atoms with E-state index in [4.69, 9.17) is 5.11 Å². The molecule has 5 heteroatoms. The third-order valence-corrected chi connectivity index (χ3v) is 2.85. The molecule has 4 nitrogen and oxygen atoms in total. The Morgan fingerprint density at radius 3 is 2.93 bits per heavy atom. The van der Waals surface area contributed by atoms with Gasteiger partial charge in [-0.05, 0) is 19.8 Å². The van der Waals surface area contributed by atoms with Crippen LogP contribution in [-0.2, 0) is 0 Å². The molecular weight excluding hydrogens is 212 g/mol. The molecule has 0 aromatic carbocycles. The zero-order valence-electron chi connectivity index (χ0n) is 8.82. The lowest BCUT2D eigenvalue weighted by molar-refractivity contribution is 0.284. The van der Waals surface area contributed by atoms with Crippen molar-refractivity contribution in [3.63, 3.8) is 0 Å². The normalized spacial score (nSPS) is 10.5.